The Morgan fingerprint density at radius 3 is 2.83 bits per heavy atom. The van der Waals surface area contributed by atoms with Gasteiger partial charge in [-0.1, -0.05) is 11.6 Å². The number of nitriles is 1. The first-order valence-electron chi connectivity index (χ1n) is 5.92. The van der Waals surface area contributed by atoms with E-state index in [1.54, 1.807) is 18.2 Å². The quantitative estimate of drug-likeness (QED) is 0.910. The molecule has 1 heterocycles. The van der Waals surface area contributed by atoms with Crippen LogP contribution in [-0.2, 0) is 4.79 Å². The van der Waals surface area contributed by atoms with Gasteiger partial charge in [-0.3, -0.25) is 4.79 Å². The van der Waals surface area contributed by atoms with Gasteiger partial charge in [0.25, 0.3) is 0 Å². The lowest BCUT2D eigenvalue weighted by Gasteiger charge is -2.16. The molecule has 1 saturated heterocycles. The molecule has 18 heavy (non-hydrogen) atoms. The molecule has 1 aromatic carbocycles. The van der Waals surface area contributed by atoms with E-state index in [1.807, 2.05) is 11.0 Å². The first-order chi connectivity index (χ1) is 8.70. The van der Waals surface area contributed by atoms with E-state index in [0.29, 0.717) is 16.3 Å². The second-order valence-corrected chi connectivity index (χ2v) is 4.66. The van der Waals surface area contributed by atoms with Crippen LogP contribution >= 0.6 is 11.6 Å². The molecule has 0 aliphatic carbocycles. The smallest absolute Gasteiger partial charge is 0.241 e. The molecule has 4 nitrogen and oxygen atoms in total. The molecule has 0 aromatic heterocycles. The summed E-state index contributed by atoms with van der Waals surface area (Å²) in [7, 11) is 0. The van der Waals surface area contributed by atoms with Crippen molar-refractivity contribution < 1.29 is 4.79 Å². The van der Waals surface area contributed by atoms with Crippen molar-refractivity contribution >= 4 is 23.2 Å². The van der Waals surface area contributed by atoms with Crippen LogP contribution in [0.3, 0.4) is 0 Å². The molecule has 1 fully saturated rings. The number of carbonyl (C=O) groups is 1. The van der Waals surface area contributed by atoms with Crippen LogP contribution in [0.4, 0.5) is 5.69 Å². The van der Waals surface area contributed by atoms with Gasteiger partial charge in [0.15, 0.2) is 0 Å². The molecule has 0 atom stereocenters. The van der Waals surface area contributed by atoms with Crippen molar-refractivity contribution in [2.75, 3.05) is 25.0 Å². The number of rotatable bonds is 3. The highest BCUT2D eigenvalue weighted by Crippen LogP contribution is 2.22. The van der Waals surface area contributed by atoms with Crippen molar-refractivity contribution in [3.05, 3.63) is 28.8 Å². The zero-order chi connectivity index (χ0) is 13.0. The summed E-state index contributed by atoms with van der Waals surface area (Å²) in [6.07, 6.45) is 2.16. The molecule has 1 amide bonds. The Labute approximate surface area is 111 Å². The van der Waals surface area contributed by atoms with Gasteiger partial charge in [0.05, 0.1) is 28.9 Å². The highest BCUT2D eigenvalue weighted by Gasteiger charge is 2.17. The fourth-order valence-corrected chi connectivity index (χ4v) is 2.16. The van der Waals surface area contributed by atoms with Gasteiger partial charge >= 0.3 is 0 Å². The van der Waals surface area contributed by atoms with E-state index in [-0.39, 0.29) is 12.5 Å². The van der Waals surface area contributed by atoms with Gasteiger partial charge in [0, 0.05) is 13.1 Å². The second kappa shape index (κ2) is 5.74. The summed E-state index contributed by atoms with van der Waals surface area (Å²) >= 11 is 6.00. The van der Waals surface area contributed by atoms with Gasteiger partial charge < -0.3 is 10.2 Å². The summed E-state index contributed by atoms with van der Waals surface area (Å²) in [4.78, 5) is 13.7. The number of likely N-dealkylation sites (tertiary alicyclic amines) is 1. The van der Waals surface area contributed by atoms with Crippen LogP contribution in [-0.4, -0.2) is 30.4 Å². The Hall–Kier alpha value is -1.73. The predicted molar refractivity (Wildman–Crippen MR) is 70.5 cm³/mol. The van der Waals surface area contributed by atoms with E-state index in [1.165, 1.54) is 0 Å². The number of halogens is 1. The fourth-order valence-electron chi connectivity index (χ4n) is 1.98. The number of carbonyl (C=O) groups excluding carboxylic acids is 1. The zero-order valence-electron chi connectivity index (χ0n) is 9.95. The Morgan fingerprint density at radius 1 is 1.44 bits per heavy atom. The van der Waals surface area contributed by atoms with Crippen LogP contribution in [0.15, 0.2) is 18.2 Å². The number of benzene rings is 1. The molecular formula is C13H14ClN3O. The molecule has 2 rings (SSSR count). The number of anilines is 1. The summed E-state index contributed by atoms with van der Waals surface area (Å²) < 4.78 is 0. The lowest BCUT2D eigenvalue weighted by molar-refractivity contribution is -0.128. The minimum atomic E-state index is 0.0749. The minimum absolute atomic E-state index is 0.0749. The number of amides is 1. The topological polar surface area (TPSA) is 56.1 Å². The minimum Gasteiger partial charge on any atom is -0.375 e. The van der Waals surface area contributed by atoms with Crippen molar-refractivity contribution in [1.29, 1.82) is 5.26 Å². The second-order valence-electron chi connectivity index (χ2n) is 4.25. The molecule has 1 aromatic rings. The van der Waals surface area contributed by atoms with E-state index in [9.17, 15) is 4.79 Å². The Kier molecular flexibility index (Phi) is 4.06. The third-order valence-electron chi connectivity index (χ3n) is 2.98. The molecule has 1 N–H and O–H groups in total. The standard InChI is InChI=1S/C13H14ClN3O/c14-11-4-3-10(8-15)7-12(11)16-9-13(18)17-5-1-2-6-17/h3-4,7,16H,1-2,5-6,9H2. The molecule has 0 radical (unpaired) electrons. The molecular weight excluding hydrogens is 250 g/mol. The van der Waals surface area contributed by atoms with Crippen molar-refractivity contribution in [3.8, 4) is 6.07 Å². The van der Waals surface area contributed by atoms with Crippen molar-refractivity contribution in [2.24, 2.45) is 0 Å². The first kappa shape index (κ1) is 12.7. The lowest BCUT2D eigenvalue weighted by atomic mass is 10.2. The van der Waals surface area contributed by atoms with Crippen LogP contribution in [0.2, 0.25) is 5.02 Å². The Balaban J connectivity index is 1.97. The molecule has 1 aliphatic rings. The summed E-state index contributed by atoms with van der Waals surface area (Å²) in [6, 6.07) is 7.00. The zero-order valence-corrected chi connectivity index (χ0v) is 10.7. The highest BCUT2D eigenvalue weighted by molar-refractivity contribution is 6.33. The maximum absolute atomic E-state index is 11.8. The van der Waals surface area contributed by atoms with Crippen molar-refractivity contribution in [2.45, 2.75) is 12.8 Å². The Morgan fingerprint density at radius 2 is 2.17 bits per heavy atom. The maximum atomic E-state index is 11.8. The third-order valence-corrected chi connectivity index (χ3v) is 3.31. The summed E-state index contributed by atoms with van der Waals surface area (Å²) in [5.74, 6) is 0.0749. The average molecular weight is 264 g/mol. The van der Waals surface area contributed by atoms with Gasteiger partial charge in [-0.15, -0.1) is 0 Å². The predicted octanol–water partition coefficient (Wildman–Crippen LogP) is 2.25. The maximum Gasteiger partial charge on any atom is 0.241 e. The molecule has 0 saturated carbocycles. The van der Waals surface area contributed by atoms with E-state index in [4.69, 9.17) is 16.9 Å². The highest BCUT2D eigenvalue weighted by atomic mass is 35.5. The van der Waals surface area contributed by atoms with Crippen molar-refractivity contribution in [1.82, 2.24) is 4.90 Å². The van der Waals surface area contributed by atoms with E-state index < -0.39 is 0 Å². The third kappa shape index (κ3) is 2.93. The van der Waals surface area contributed by atoms with Crippen molar-refractivity contribution in [3.63, 3.8) is 0 Å². The van der Waals surface area contributed by atoms with Gasteiger partial charge in [0.1, 0.15) is 0 Å². The van der Waals surface area contributed by atoms with E-state index in [2.05, 4.69) is 5.32 Å². The normalized spacial score (nSPS) is 14.3. The number of nitrogens with zero attached hydrogens (tertiary/aromatic N) is 2. The lowest BCUT2D eigenvalue weighted by Crippen LogP contribution is -2.33. The SMILES string of the molecule is N#Cc1ccc(Cl)c(NCC(=O)N2CCCC2)c1. The van der Waals surface area contributed by atoms with E-state index in [0.717, 1.165) is 25.9 Å². The monoisotopic (exact) mass is 263 g/mol. The molecule has 5 heteroatoms. The van der Waals surface area contributed by atoms with Gasteiger partial charge in [-0.2, -0.15) is 5.26 Å². The van der Waals surface area contributed by atoms with Crippen LogP contribution in [0.25, 0.3) is 0 Å². The molecule has 94 valence electrons. The number of nitrogens with one attached hydrogen (secondary N) is 1. The fraction of sp³-hybridized carbons (Fsp3) is 0.385. The first-order valence-corrected chi connectivity index (χ1v) is 6.30. The molecule has 1 aliphatic heterocycles. The average Bonchev–Trinajstić information content (AvgIpc) is 2.91. The number of hydrogen-bond donors (Lipinski definition) is 1. The van der Waals surface area contributed by atoms with Gasteiger partial charge in [0.2, 0.25) is 5.91 Å². The largest absolute Gasteiger partial charge is 0.375 e. The molecule has 0 bridgehead atoms. The summed E-state index contributed by atoms with van der Waals surface area (Å²) in [6.45, 7) is 1.90. The van der Waals surface area contributed by atoms with Crippen LogP contribution in [0.1, 0.15) is 18.4 Å². The van der Waals surface area contributed by atoms with Crippen LogP contribution < -0.4 is 5.32 Å². The van der Waals surface area contributed by atoms with E-state index >= 15 is 0 Å². The van der Waals surface area contributed by atoms with Crippen LogP contribution in [0.5, 0.6) is 0 Å². The van der Waals surface area contributed by atoms with Gasteiger partial charge in [-0.05, 0) is 31.0 Å². The molecule has 0 spiro atoms. The molecule has 0 unspecified atom stereocenters. The van der Waals surface area contributed by atoms with Gasteiger partial charge in [-0.25, -0.2) is 0 Å². The number of hydrogen-bond acceptors (Lipinski definition) is 3. The van der Waals surface area contributed by atoms with Crippen LogP contribution in [0, 0.1) is 11.3 Å². The summed E-state index contributed by atoms with van der Waals surface area (Å²) in [5.41, 5.74) is 1.15. The summed E-state index contributed by atoms with van der Waals surface area (Å²) in [5, 5.41) is 12.3. The Bertz CT molecular complexity index is 489.